The third-order valence-electron chi connectivity index (χ3n) is 4.23. The summed E-state index contributed by atoms with van der Waals surface area (Å²) >= 11 is 0. The van der Waals surface area contributed by atoms with Gasteiger partial charge in [0.15, 0.2) is 0 Å². The Morgan fingerprint density at radius 2 is 1.19 bits per heavy atom. The maximum absolute atomic E-state index is 10.3. The van der Waals surface area contributed by atoms with Crippen LogP contribution in [0.4, 0.5) is 0 Å². The van der Waals surface area contributed by atoms with Crippen molar-refractivity contribution in [2.75, 3.05) is 26.3 Å². The number of aliphatic hydroxyl groups excluding tert-OH is 2. The van der Waals surface area contributed by atoms with Gasteiger partial charge in [0, 0.05) is 19.5 Å². The summed E-state index contributed by atoms with van der Waals surface area (Å²) in [5.74, 6) is -0.664. The summed E-state index contributed by atoms with van der Waals surface area (Å²) < 4.78 is 0. The van der Waals surface area contributed by atoms with E-state index in [1.165, 1.54) is 70.6 Å². The summed E-state index contributed by atoms with van der Waals surface area (Å²) in [4.78, 5) is 10.3. The number of aliphatic carboxylic acids is 1. The predicted octanol–water partition coefficient (Wildman–Crippen LogP) is 4.67. The molecule has 0 bridgehead atoms. The van der Waals surface area contributed by atoms with E-state index in [4.69, 9.17) is 15.3 Å². The van der Waals surface area contributed by atoms with Gasteiger partial charge in [0.25, 0.3) is 0 Å². The molecule has 0 amide bonds. The van der Waals surface area contributed by atoms with Gasteiger partial charge >= 0.3 is 5.97 Å². The van der Waals surface area contributed by atoms with Gasteiger partial charge in [0.2, 0.25) is 0 Å². The Bertz CT molecular complexity index is 305. The second kappa shape index (κ2) is 27.3. The highest BCUT2D eigenvalue weighted by molar-refractivity contribution is 5.66. The fourth-order valence-electron chi connectivity index (χ4n) is 2.63. The fraction of sp³-hybridized carbons (Fsp3) is 0.864. The van der Waals surface area contributed by atoms with Gasteiger partial charge in [-0.2, -0.15) is 0 Å². The molecule has 0 aliphatic carbocycles. The number of aliphatic hydroxyl groups is 2. The monoisotopic (exact) mass is 387 g/mol. The number of carboxylic acids is 1. The lowest BCUT2D eigenvalue weighted by Crippen LogP contribution is -2.21. The van der Waals surface area contributed by atoms with Gasteiger partial charge in [0.1, 0.15) is 0 Å². The minimum Gasteiger partial charge on any atom is -0.481 e. The van der Waals surface area contributed by atoms with Gasteiger partial charge in [-0.05, 0) is 32.1 Å². The molecule has 0 aromatic heterocycles. The minimum absolute atomic E-state index is 0.139. The van der Waals surface area contributed by atoms with Crippen LogP contribution in [0.25, 0.3) is 0 Å². The molecule has 0 spiro atoms. The van der Waals surface area contributed by atoms with Crippen molar-refractivity contribution in [2.24, 2.45) is 0 Å². The van der Waals surface area contributed by atoms with Crippen LogP contribution in [0.15, 0.2) is 12.2 Å². The Morgan fingerprint density at radius 1 is 0.741 bits per heavy atom. The van der Waals surface area contributed by atoms with Gasteiger partial charge in [0.05, 0.1) is 13.2 Å². The van der Waals surface area contributed by atoms with E-state index >= 15 is 0 Å². The van der Waals surface area contributed by atoms with E-state index in [9.17, 15) is 4.79 Å². The predicted molar refractivity (Wildman–Crippen MR) is 114 cm³/mol. The molecule has 4 N–H and O–H groups in total. The second-order valence-corrected chi connectivity index (χ2v) is 6.93. The molecule has 5 nitrogen and oxygen atoms in total. The van der Waals surface area contributed by atoms with Crippen LogP contribution in [0.2, 0.25) is 0 Å². The first-order valence-electron chi connectivity index (χ1n) is 11.0. The SMILES string of the molecule is CCCCCCCC/C=C/CCCCCCCC(=O)O.OCCNCCO. The molecule has 0 aromatic rings. The normalized spacial score (nSPS) is 10.8. The van der Waals surface area contributed by atoms with Crippen LogP contribution in [0.5, 0.6) is 0 Å². The number of nitrogens with one attached hydrogen (secondary N) is 1. The van der Waals surface area contributed by atoms with Crippen LogP contribution in [0, 0.1) is 0 Å². The lowest BCUT2D eigenvalue weighted by atomic mass is 10.1. The molecule has 27 heavy (non-hydrogen) atoms. The zero-order valence-corrected chi connectivity index (χ0v) is 17.6. The van der Waals surface area contributed by atoms with E-state index in [2.05, 4.69) is 24.4 Å². The van der Waals surface area contributed by atoms with Crippen LogP contribution in [-0.2, 0) is 4.79 Å². The van der Waals surface area contributed by atoms with Crippen molar-refractivity contribution in [2.45, 2.75) is 96.8 Å². The maximum atomic E-state index is 10.3. The summed E-state index contributed by atoms with van der Waals surface area (Å²) in [6, 6.07) is 0. The van der Waals surface area contributed by atoms with Crippen molar-refractivity contribution in [1.82, 2.24) is 5.32 Å². The topological polar surface area (TPSA) is 89.8 Å². The first kappa shape index (κ1) is 28.3. The van der Waals surface area contributed by atoms with Crippen LogP contribution >= 0.6 is 0 Å². The average molecular weight is 388 g/mol. The molecule has 0 heterocycles. The maximum Gasteiger partial charge on any atom is 0.303 e. The molecule has 0 unspecified atom stereocenters. The number of allylic oxidation sites excluding steroid dienone is 2. The molecule has 0 saturated carbocycles. The van der Waals surface area contributed by atoms with E-state index in [0.717, 1.165) is 12.8 Å². The van der Waals surface area contributed by atoms with E-state index in [0.29, 0.717) is 19.5 Å². The largest absolute Gasteiger partial charge is 0.481 e. The van der Waals surface area contributed by atoms with Crippen LogP contribution in [0.1, 0.15) is 96.8 Å². The number of carboxylic acid groups (broad SMARTS) is 1. The quantitative estimate of drug-likeness (QED) is 0.191. The van der Waals surface area contributed by atoms with E-state index in [1.807, 2.05) is 0 Å². The smallest absolute Gasteiger partial charge is 0.303 e. The third kappa shape index (κ3) is 33.1. The molecular formula is C22H45NO4. The molecule has 0 fully saturated rings. The van der Waals surface area contributed by atoms with Crippen molar-refractivity contribution in [1.29, 1.82) is 0 Å². The highest BCUT2D eigenvalue weighted by Crippen LogP contribution is 2.09. The Labute approximate surface area is 167 Å². The van der Waals surface area contributed by atoms with Crippen molar-refractivity contribution >= 4 is 5.97 Å². The van der Waals surface area contributed by atoms with Gasteiger partial charge in [-0.1, -0.05) is 70.4 Å². The number of rotatable bonds is 19. The lowest BCUT2D eigenvalue weighted by molar-refractivity contribution is -0.137. The van der Waals surface area contributed by atoms with Crippen LogP contribution in [-0.4, -0.2) is 47.6 Å². The summed E-state index contributed by atoms with van der Waals surface area (Å²) in [5.41, 5.74) is 0. The standard InChI is InChI=1S/C18H34O2.C4H11NO2/c1-2-3-4-5-6-7-8-9-10-11-12-13-14-15-16-17-18(19)20;6-3-1-5-2-4-7/h9-10H,2-8,11-17H2,1H3,(H,19,20);5-7H,1-4H2/b10-9+;. The molecule has 162 valence electrons. The Balaban J connectivity index is 0. The van der Waals surface area contributed by atoms with E-state index in [1.54, 1.807) is 0 Å². The average Bonchev–Trinajstić information content (AvgIpc) is 2.65. The lowest BCUT2D eigenvalue weighted by Gasteiger charge is -1.99. The molecule has 0 aliphatic heterocycles. The molecule has 0 atom stereocenters. The summed E-state index contributed by atoms with van der Waals surface area (Å²) in [6.07, 6.45) is 21.2. The molecular weight excluding hydrogens is 342 g/mol. The zero-order valence-electron chi connectivity index (χ0n) is 17.6. The zero-order chi connectivity index (χ0) is 20.4. The molecule has 0 saturated heterocycles. The van der Waals surface area contributed by atoms with Gasteiger partial charge in [-0.15, -0.1) is 0 Å². The Hall–Kier alpha value is -0.910. The van der Waals surface area contributed by atoms with Crippen molar-refractivity contribution in [3.63, 3.8) is 0 Å². The number of carbonyl (C=O) groups is 1. The van der Waals surface area contributed by atoms with E-state index < -0.39 is 5.97 Å². The number of hydrogen-bond donors (Lipinski definition) is 4. The second-order valence-electron chi connectivity index (χ2n) is 6.93. The van der Waals surface area contributed by atoms with Gasteiger partial charge in [-0.3, -0.25) is 4.79 Å². The van der Waals surface area contributed by atoms with Crippen molar-refractivity contribution in [3.8, 4) is 0 Å². The molecule has 0 rings (SSSR count). The van der Waals surface area contributed by atoms with Gasteiger partial charge in [-0.25, -0.2) is 0 Å². The minimum atomic E-state index is -0.664. The third-order valence-corrected chi connectivity index (χ3v) is 4.23. The first-order valence-corrected chi connectivity index (χ1v) is 11.0. The summed E-state index contributed by atoms with van der Waals surface area (Å²) in [7, 11) is 0. The number of hydrogen-bond acceptors (Lipinski definition) is 4. The summed E-state index contributed by atoms with van der Waals surface area (Å²) in [5, 5.41) is 27.6. The highest BCUT2D eigenvalue weighted by Gasteiger charge is 1.95. The molecule has 0 aliphatic rings. The first-order chi connectivity index (χ1) is 13.2. The van der Waals surface area contributed by atoms with Crippen molar-refractivity contribution in [3.05, 3.63) is 12.2 Å². The van der Waals surface area contributed by atoms with Gasteiger partial charge < -0.3 is 20.6 Å². The molecule has 0 radical (unpaired) electrons. The molecule has 5 heteroatoms. The van der Waals surface area contributed by atoms with Crippen LogP contribution in [0.3, 0.4) is 0 Å². The van der Waals surface area contributed by atoms with Crippen LogP contribution < -0.4 is 5.32 Å². The van der Waals surface area contributed by atoms with E-state index in [-0.39, 0.29) is 13.2 Å². The van der Waals surface area contributed by atoms with Crippen molar-refractivity contribution < 1.29 is 20.1 Å². The number of unbranched alkanes of at least 4 members (excludes halogenated alkanes) is 11. The Kier molecular flexibility index (Phi) is 28.6. The summed E-state index contributed by atoms with van der Waals surface area (Å²) in [6.45, 7) is 3.68. The Morgan fingerprint density at radius 3 is 1.63 bits per heavy atom. The molecule has 0 aromatic carbocycles. The highest BCUT2D eigenvalue weighted by atomic mass is 16.4. The fourth-order valence-corrected chi connectivity index (χ4v) is 2.63.